The number of aryl methyl sites for hydroxylation is 1. The minimum absolute atomic E-state index is 0.165. The monoisotopic (exact) mass is 306 g/mol. The molecule has 0 aliphatic carbocycles. The number of piperidine rings is 1. The fourth-order valence-corrected chi connectivity index (χ4v) is 4.49. The first-order valence-electron chi connectivity index (χ1n) is 7.03. The summed E-state index contributed by atoms with van der Waals surface area (Å²) in [6, 6.07) is 6.94. The van der Waals surface area contributed by atoms with Gasteiger partial charge in [-0.05, 0) is 43.5 Å². The van der Waals surface area contributed by atoms with Crippen molar-refractivity contribution >= 4 is 20.9 Å². The summed E-state index contributed by atoms with van der Waals surface area (Å²) < 4.78 is 27.1. The van der Waals surface area contributed by atoms with Crippen LogP contribution in [0.5, 0.6) is 0 Å². The van der Waals surface area contributed by atoms with Crippen LogP contribution in [-0.4, -0.2) is 42.0 Å². The second kappa shape index (κ2) is 5.36. The molecule has 5 nitrogen and oxygen atoms in total. The predicted octanol–water partition coefficient (Wildman–Crippen LogP) is 1.69. The number of fused-ring (bicyclic) bond motifs is 1. The van der Waals surface area contributed by atoms with Crippen LogP contribution in [0.2, 0.25) is 0 Å². The van der Waals surface area contributed by atoms with Crippen molar-refractivity contribution in [3.8, 4) is 0 Å². The van der Waals surface area contributed by atoms with Gasteiger partial charge in [0.05, 0.1) is 16.5 Å². The van der Waals surface area contributed by atoms with E-state index in [2.05, 4.69) is 4.98 Å². The van der Waals surface area contributed by atoms with Crippen LogP contribution in [0.1, 0.15) is 18.4 Å². The number of aliphatic hydroxyl groups excluding tert-OH is 1. The van der Waals surface area contributed by atoms with Crippen LogP contribution in [-0.2, 0) is 10.0 Å². The van der Waals surface area contributed by atoms with Crippen molar-refractivity contribution in [3.05, 3.63) is 36.0 Å². The van der Waals surface area contributed by atoms with Crippen LogP contribution in [0.4, 0.5) is 0 Å². The Balaban J connectivity index is 2.13. The van der Waals surface area contributed by atoms with E-state index in [0.717, 1.165) is 5.56 Å². The Bertz CT molecular complexity index is 774. The Kier molecular flexibility index (Phi) is 3.69. The highest BCUT2D eigenvalue weighted by molar-refractivity contribution is 7.89. The number of hydrogen-bond acceptors (Lipinski definition) is 4. The third-order valence-corrected chi connectivity index (χ3v) is 5.83. The Hall–Kier alpha value is -1.50. The molecule has 1 N–H and O–H groups in total. The zero-order valence-electron chi connectivity index (χ0n) is 11.9. The molecule has 0 spiro atoms. The highest BCUT2D eigenvalue weighted by Crippen LogP contribution is 2.28. The molecule has 112 valence electrons. The number of pyridine rings is 1. The highest BCUT2D eigenvalue weighted by Gasteiger charge is 2.30. The van der Waals surface area contributed by atoms with Gasteiger partial charge >= 0.3 is 0 Å². The molecule has 1 fully saturated rings. The van der Waals surface area contributed by atoms with Gasteiger partial charge in [0, 0.05) is 24.7 Å². The molecule has 3 rings (SSSR count). The van der Waals surface area contributed by atoms with E-state index in [1.807, 2.05) is 6.92 Å². The van der Waals surface area contributed by atoms with E-state index in [-0.39, 0.29) is 11.4 Å². The van der Waals surface area contributed by atoms with Crippen molar-refractivity contribution in [1.82, 2.24) is 9.29 Å². The minimum atomic E-state index is -3.60. The normalized spacial score (nSPS) is 20.8. The molecule has 1 unspecified atom stereocenters. The number of hydrogen-bond donors (Lipinski definition) is 1. The smallest absolute Gasteiger partial charge is 0.243 e. The zero-order valence-corrected chi connectivity index (χ0v) is 12.7. The van der Waals surface area contributed by atoms with Crippen molar-refractivity contribution in [2.75, 3.05) is 13.1 Å². The third kappa shape index (κ3) is 2.54. The van der Waals surface area contributed by atoms with Crippen LogP contribution in [0.3, 0.4) is 0 Å². The lowest BCUT2D eigenvalue weighted by molar-refractivity contribution is 0.108. The molecule has 2 aromatic rings. The molecule has 0 amide bonds. The zero-order chi connectivity index (χ0) is 15.0. The van der Waals surface area contributed by atoms with Crippen LogP contribution >= 0.6 is 0 Å². The van der Waals surface area contributed by atoms with Gasteiger partial charge in [0.2, 0.25) is 10.0 Å². The van der Waals surface area contributed by atoms with Crippen molar-refractivity contribution in [1.29, 1.82) is 0 Å². The van der Waals surface area contributed by atoms with E-state index in [1.54, 1.807) is 30.5 Å². The van der Waals surface area contributed by atoms with E-state index >= 15 is 0 Å². The fraction of sp³-hybridized carbons (Fsp3) is 0.400. The van der Waals surface area contributed by atoms with Crippen LogP contribution in [0.25, 0.3) is 10.9 Å². The topological polar surface area (TPSA) is 70.5 Å². The summed E-state index contributed by atoms with van der Waals surface area (Å²) >= 11 is 0. The molecule has 0 saturated carbocycles. The Labute approximate surface area is 124 Å². The van der Waals surface area contributed by atoms with Gasteiger partial charge in [-0.15, -0.1) is 0 Å². The van der Waals surface area contributed by atoms with Crippen LogP contribution < -0.4 is 0 Å². The largest absolute Gasteiger partial charge is 0.392 e. The third-order valence-electron chi connectivity index (χ3n) is 3.91. The number of β-amino-alcohol motifs (C(OH)–C–C–N with tert-alkyl or cyclic N) is 1. The molecule has 1 aliphatic rings. The second-order valence-corrected chi connectivity index (χ2v) is 7.35. The molecule has 1 aliphatic heterocycles. The Morgan fingerprint density at radius 1 is 1.33 bits per heavy atom. The Morgan fingerprint density at radius 2 is 2.14 bits per heavy atom. The van der Waals surface area contributed by atoms with Crippen LogP contribution in [0, 0.1) is 6.92 Å². The lowest BCUT2D eigenvalue weighted by atomic mass is 10.1. The van der Waals surface area contributed by atoms with E-state index in [1.165, 1.54) is 4.31 Å². The fourth-order valence-electron chi connectivity index (χ4n) is 2.79. The van der Waals surface area contributed by atoms with Crippen molar-refractivity contribution in [2.45, 2.75) is 30.8 Å². The van der Waals surface area contributed by atoms with Gasteiger partial charge in [0.15, 0.2) is 0 Å². The molecule has 6 heteroatoms. The summed E-state index contributed by atoms with van der Waals surface area (Å²) in [5, 5.41) is 10.4. The summed E-state index contributed by atoms with van der Waals surface area (Å²) in [4.78, 5) is 4.55. The molecule has 2 heterocycles. The predicted molar refractivity (Wildman–Crippen MR) is 80.5 cm³/mol. The van der Waals surface area contributed by atoms with Gasteiger partial charge in [0.1, 0.15) is 0 Å². The van der Waals surface area contributed by atoms with Crippen molar-refractivity contribution in [2.24, 2.45) is 0 Å². The number of sulfonamides is 1. The van der Waals surface area contributed by atoms with Gasteiger partial charge in [-0.2, -0.15) is 4.31 Å². The summed E-state index contributed by atoms with van der Waals surface area (Å²) in [6.45, 7) is 2.53. The number of aromatic nitrogens is 1. The standard InChI is InChI=1S/C15H18N2O3S/c1-11-6-7-14(13-5-2-8-16-15(11)13)21(19,20)17-9-3-4-12(18)10-17/h2,5-8,12,18H,3-4,9-10H2,1H3. The molecule has 0 radical (unpaired) electrons. The average Bonchev–Trinajstić information content (AvgIpc) is 2.47. The summed E-state index contributed by atoms with van der Waals surface area (Å²) in [6.07, 6.45) is 2.42. The molecular weight excluding hydrogens is 288 g/mol. The number of rotatable bonds is 2. The Morgan fingerprint density at radius 3 is 2.90 bits per heavy atom. The van der Waals surface area contributed by atoms with Crippen molar-refractivity contribution in [3.63, 3.8) is 0 Å². The minimum Gasteiger partial charge on any atom is -0.392 e. The molecular formula is C15H18N2O3S. The van der Waals surface area contributed by atoms with E-state index in [4.69, 9.17) is 0 Å². The first-order valence-corrected chi connectivity index (χ1v) is 8.47. The number of nitrogens with zero attached hydrogens (tertiary/aromatic N) is 2. The molecule has 1 atom stereocenters. The summed E-state index contributed by atoms with van der Waals surface area (Å²) in [5.74, 6) is 0. The van der Waals surface area contributed by atoms with Crippen molar-refractivity contribution < 1.29 is 13.5 Å². The molecule has 1 aromatic heterocycles. The maximum Gasteiger partial charge on any atom is 0.243 e. The molecule has 1 saturated heterocycles. The SMILES string of the molecule is Cc1ccc(S(=O)(=O)N2CCCC(O)C2)c2cccnc12. The maximum absolute atomic E-state index is 12.8. The quantitative estimate of drug-likeness (QED) is 0.916. The van der Waals surface area contributed by atoms with Gasteiger partial charge in [0.25, 0.3) is 0 Å². The van der Waals surface area contributed by atoms with Gasteiger partial charge in [-0.1, -0.05) is 6.07 Å². The first-order chi connectivity index (χ1) is 10.00. The first kappa shape index (κ1) is 14.4. The van der Waals surface area contributed by atoms with E-state index in [9.17, 15) is 13.5 Å². The summed E-state index contributed by atoms with van der Waals surface area (Å²) in [5.41, 5.74) is 1.65. The lowest BCUT2D eigenvalue weighted by Gasteiger charge is -2.29. The van der Waals surface area contributed by atoms with Crippen LogP contribution in [0.15, 0.2) is 35.4 Å². The summed E-state index contributed by atoms with van der Waals surface area (Å²) in [7, 11) is -3.60. The second-order valence-electron chi connectivity index (χ2n) is 5.44. The van der Waals surface area contributed by atoms with Gasteiger partial charge < -0.3 is 5.11 Å². The van der Waals surface area contributed by atoms with Gasteiger partial charge in [-0.3, -0.25) is 4.98 Å². The molecule has 1 aromatic carbocycles. The van der Waals surface area contributed by atoms with E-state index in [0.29, 0.717) is 30.3 Å². The number of benzene rings is 1. The highest BCUT2D eigenvalue weighted by atomic mass is 32.2. The molecule has 0 bridgehead atoms. The number of aliphatic hydroxyl groups is 1. The maximum atomic E-state index is 12.8. The average molecular weight is 306 g/mol. The van der Waals surface area contributed by atoms with Gasteiger partial charge in [-0.25, -0.2) is 8.42 Å². The van der Waals surface area contributed by atoms with E-state index < -0.39 is 16.1 Å². The lowest BCUT2D eigenvalue weighted by Crippen LogP contribution is -2.42. The molecule has 21 heavy (non-hydrogen) atoms.